The highest BCUT2D eigenvalue weighted by molar-refractivity contribution is 5.78. The molecule has 16 heavy (non-hydrogen) atoms. The van der Waals surface area contributed by atoms with Gasteiger partial charge in [0.15, 0.2) is 0 Å². The third kappa shape index (κ3) is 3.10. The minimum atomic E-state index is -1.08. The summed E-state index contributed by atoms with van der Waals surface area (Å²) in [5.74, 6) is -0.0734. The monoisotopic (exact) mass is 229 g/mol. The molecule has 0 heterocycles. The topological polar surface area (TPSA) is 95.7 Å². The first kappa shape index (κ1) is 12.8. The van der Waals surface area contributed by atoms with Gasteiger partial charge < -0.3 is 21.1 Å². The van der Waals surface area contributed by atoms with Crippen molar-refractivity contribution in [1.29, 1.82) is 0 Å². The SMILES string of the molecule is CN(C)C(=O)[C@H]1CC[C@H](N)[C@H](NC(=O)O)C1. The summed E-state index contributed by atoms with van der Waals surface area (Å²) in [5.41, 5.74) is 5.82. The fourth-order valence-corrected chi connectivity index (χ4v) is 2.11. The van der Waals surface area contributed by atoms with Crippen LogP contribution in [0.1, 0.15) is 19.3 Å². The smallest absolute Gasteiger partial charge is 0.404 e. The van der Waals surface area contributed by atoms with Crippen LogP contribution in [0.25, 0.3) is 0 Å². The minimum Gasteiger partial charge on any atom is -0.465 e. The molecule has 1 aliphatic rings. The molecule has 4 N–H and O–H groups in total. The van der Waals surface area contributed by atoms with Crippen LogP contribution in [0.4, 0.5) is 4.79 Å². The normalized spacial score (nSPS) is 29.6. The average Bonchev–Trinajstić information content (AvgIpc) is 2.19. The van der Waals surface area contributed by atoms with Crippen molar-refractivity contribution in [3.8, 4) is 0 Å². The summed E-state index contributed by atoms with van der Waals surface area (Å²) in [7, 11) is 3.41. The maximum Gasteiger partial charge on any atom is 0.404 e. The molecule has 1 saturated carbocycles. The summed E-state index contributed by atoms with van der Waals surface area (Å²) >= 11 is 0. The summed E-state index contributed by atoms with van der Waals surface area (Å²) in [6.07, 6.45) is 0.814. The Morgan fingerprint density at radius 2 is 2.00 bits per heavy atom. The van der Waals surface area contributed by atoms with Crippen molar-refractivity contribution >= 4 is 12.0 Å². The van der Waals surface area contributed by atoms with Crippen molar-refractivity contribution in [2.45, 2.75) is 31.3 Å². The number of nitrogens with one attached hydrogen (secondary N) is 1. The van der Waals surface area contributed by atoms with Crippen molar-refractivity contribution in [1.82, 2.24) is 10.2 Å². The number of nitrogens with two attached hydrogens (primary N) is 1. The molecule has 2 amide bonds. The molecule has 92 valence electrons. The molecule has 6 heteroatoms. The molecule has 3 atom stereocenters. The van der Waals surface area contributed by atoms with E-state index in [1.54, 1.807) is 19.0 Å². The Morgan fingerprint density at radius 1 is 1.38 bits per heavy atom. The van der Waals surface area contributed by atoms with Gasteiger partial charge in [-0.25, -0.2) is 4.79 Å². The van der Waals surface area contributed by atoms with Gasteiger partial charge in [0, 0.05) is 32.1 Å². The molecule has 0 aliphatic heterocycles. The summed E-state index contributed by atoms with van der Waals surface area (Å²) in [6.45, 7) is 0. The maximum atomic E-state index is 11.7. The van der Waals surface area contributed by atoms with Crippen LogP contribution in [0.3, 0.4) is 0 Å². The Hall–Kier alpha value is -1.30. The summed E-state index contributed by atoms with van der Waals surface area (Å²) < 4.78 is 0. The Kier molecular flexibility index (Phi) is 4.12. The van der Waals surface area contributed by atoms with E-state index in [-0.39, 0.29) is 23.9 Å². The lowest BCUT2D eigenvalue weighted by molar-refractivity contribution is -0.134. The number of amides is 2. The summed E-state index contributed by atoms with van der Waals surface area (Å²) in [6, 6.07) is -0.512. The third-order valence-corrected chi connectivity index (χ3v) is 3.00. The largest absolute Gasteiger partial charge is 0.465 e. The molecular weight excluding hydrogens is 210 g/mol. The first-order valence-electron chi connectivity index (χ1n) is 5.38. The van der Waals surface area contributed by atoms with Crippen LogP contribution in [-0.2, 0) is 4.79 Å². The summed E-state index contributed by atoms with van der Waals surface area (Å²) in [5, 5.41) is 11.0. The van der Waals surface area contributed by atoms with E-state index in [1.165, 1.54) is 0 Å². The number of hydrogen-bond donors (Lipinski definition) is 3. The highest BCUT2D eigenvalue weighted by Crippen LogP contribution is 2.25. The van der Waals surface area contributed by atoms with Gasteiger partial charge in [0.1, 0.15) is 0 Å². The van der Waals surface area contributed by atoms with E-state index in [0.29, 0.717) is 12.8 Å². The van der Waals surface area contributed by atoms with E-state index in [0.717, 1.165) is 6.42 Å². The van der Waals surface area contributed by atoms with Crippen LogP contribution < -0.4 is 11.1 Å². The zero-order chi connectivity index (χ0) is 12.3. The molecule has 0 aromatic rings. The first-order chi connectivity index (χ1) is 7.41. The molecule has 0 radical (unpaired) electrons. The van der Waals surface area contributed by atoms with Crippen LogP contribution >= 0.6 is 0 Å². The Labute approximate surface area is 94.8 Å². The summed E-state index contributed by atoms with van der Waals surface area (Å²) in [4.78, 5) is 23.8. The lowest BCUT2D eigenvalue weighted by Crippen LogP contribution is -2.52. The van der Waals surface area contributed by atoms with Gasteiger partial charge in [-0.05, 0) is 19.3 Å². The molecule has 0 aromatic carbocycles. The molecule has 0 bridgehead atoms. The Balaban J connectivity index is 2.60. The number of carboxylic acid groups (broad SMARTS) is 1. The quantitative estimate of drug-likeness (QED) is 0.613. The molecule has 1 rings (SSSR count). The van der Waals surface area contributed by atoms with E-state index in [9.17, 15) is 9.59 Å². The fraction of sp³-hybridized carbons (Fsp3) is 0.800. The zero-order valence-electron chi connectivity index (χ0n) is 9.64. The number of carbonyl (C=O) groups excluding carboxylic acids is 1. The van der Waals surface area contributed by atoms with Gasteiger partial charge >= 0.3 is 6.09 Å². The molecule has 0 saturated heterocycles. The van der Waals surface area contributed by atoms with Crippen LogP contribution in [0.15, 0.2) is 0 Å². The highest BCUT2D eigenvalue weighted by atomic mass is 16.4. The molecule has 0 unspecified atom stereocenters. The van der Waals surface area contributed by atoms with Crippen LogP contribution in [0.2, 0.25) is 0 Å². The van der Waals surface area contributed by atoms with Gasteiger partial charge in [-0.1, -0.05) is 0 Å². The van der Waals surface area contributed by atoms with Crippen molar-refractivity contribution in [3.63, 3.8) is 0 Å². The average molecular weight is 229 g/mol. The van der Waals surface area contributed by atoms with Crippen molar-refractivity contribution in [3.05, 3.63) is 0 Å². The molecule has 6 nitrogen and oxygen atoms in total. The zero-order valence-corrected chi connectivity index (χ0v) is 9.64. The number of carbonyl (C=O) groups is 2. The molecule has 1 aliphatic carbocycles. The number of hydrogen-bond acceptors (Lipinski definition) is 3. The van der Waals surface area contributed by atoms with E-state index in [1.807, 2.05) is 0 Å². The van der Waals surface area contributed by atoms with Crippen LogP contribution in [0.5, 0.6) is 0 Å². The standard InChI is InChI=1S/C10H19N3O3/c1-13(2)9(14)6-3-4-7(11)8(5-6)12-10(15)16/h6-8,12H,3-5,11H2,1-2H3,(H,15,16)/t6-,7-,8+/m0/s1. The van der Waals surface area contributed by atoms with Crippen molar-refractivity contribution in [2.24, 2.45) is 11.7 Å². The van der Waals surface area contributed by atoms with Crippen LogP contribution in [-0.4, -0.2) is 48.2 Å². The van der Waals surface area contributed by atoms with Gasteiger partial charge in [0.05, 0.1) is 0 Å². The van der Waals surface area contributed by atoms with Crippen molar-refractivity contribution < 1.29 is 14.7 Å². The van der Waals surface area contributed by atoms with E-state index in [4.69, 9.17) is 10.8 Å². The van der Waals surface area contributed by atoms with Gasteiger partial charge in [0.2, 0.25) is 5.91 Å². The lowest BCUT2D eigenvalue weighted by Gasteiger charge is -2.34. The molecular formula is C10H19N3O3. The predicted octanol–water partition coefficient (Wildman–Crippen LogP) is -0.162. The van der Waals surface area contributed by atoms with Crippen LogP contribution in [0, 0.1) is 5.92 Å². The molecule has 0 spiro atoms. The Bertz CT molecular complexity index is 280. The molecule has 1 fully saturated rings. The van der Waals surface area contributed by atoms with E-state index < -0.39 is 6.09 Å². The predicted molar refractivity (Wildman–Crippen MR) is 59.0 cm³/mol. The second kappa shape index (κ2) is 5.16. The van der Waals surface area contributed by atoms with E-state index in [2.05, 4.69) is 5.32 Å². The minimum absolute atomic E-state index is 0.0455. The maximum absolute atomic E-state index is 11.7. The second-order valence-electron chi connectivity index (χ2n) is 4.46. The number of rotatable bonds is 2. The van der Waals surface area contributed by atoms with Gasteiger partial charge in [-0.2, -0.15) is 0 Å². The third-order valence-electron chi connectivity index (χ3n) is 3.00. The number of nitrogens with zero attached hydrogens (tertiary/aromatic N) is 1. The lowest BCUT2D eigenvalue weighted by atomic mass is 9.82. The van der Waals surface area contributed by atoms with E-state index >= 15 is 0 Å². The molecule has 0 aromatic heterocycles. The second-order valence-corrected chi connectivity index (χ2v) is 4.46. The van der Waals surface area contributed by atoms with Gasteiger partial charge in [-0.3, -0.25) is 4.79 Å². The van der Waals surface area contributed by atoms with Gasteiger partial charge in [-0.15, -0.1) is 0 Å². The van der Waals surface area contributed by atoms with Crippen molar-refractivity contribution in [2.75, 3.05) is 14.1 Å². The first-order valence-corrected chi connectivity index (χ1v) is 5.38. The fourth-order valence-electron chi connectivity index (χ4n) is 2.11. The van der Waals surface area contributed by atoms with Gasteiger partial charge in [0.25, 0.3) is 0 Å². The highest BCUT2D eigenvalue weighted by Gasteiger charge is 2.33. The Morgan fingerprint density at radius 3 is 2.50 bits per heavy atom.